The van der Waals surface area contributed by atoms with E-state index in [0.29, 0.717) is 12.2 Å². The molecule has 0 radical (unpaired) electrons. The smallest absolute Gasteiger partial charge is 0.123 e. The molecule has 18 heavy (non-hydrogen) atoms. The van der Waals surface area contributed by atoms with Gasteiger partial charge in [0.05, 0.1) is 12.3 Å². The molecule has 0 aliphatic rings. The first-order valence-corrected chi connectivity index (χ1v) is 5.71. The quantitative estimate of drug-likeness (QED) is 0.900. The van der Waals surface area contributed by atoms with Gasteiger partial charge in [-0.05, 0) is 30.7 Å². The van der Waals surface area contributed by atoms with Crippen molar-refractivity contribution < 1.29 is 9.50 Å². The Morgan fingerprint density at radius 1 is 1.28 bits per heavy atom. The Labute approximate surface area is 104 Å². The molecule has 2 aromatic rings. The van der Waals surface area contributed by atoms with Gasteiger partial charge in [0.25, 0.3) is 0 Å². The summed E-state index contributed by atoms with van der Waals surface area (Å²) in [6.07, 6.45) is 3.66. The topological polar surface area (TPSA) is 50.9 Å². The number of nitrogens with zero attached hydrogens (tertiary/aromatic N) is 3. The predicted octanol–water partition coefficient (Wildman–Crippen LogP) is 2.10. The summed E-state index contributed by atoms with van der Waals surface area (Å²) in [5, 5.41) is 17.0. The van der Waals surface area contributed by atoms with Crippen LogP contribution in [0.4, 0.5) is 4.39 Å². The summed E-state index contributed by atoms with van der Waals surface area (Å²) < 4.78 is 14.5. The Hall–Kier alpha value is -2.01. The molecule has 0 atom stereocenters. The molecule has 4 nitrogen and oxygen atoms in total. The normalized spacial score (nSPS) is 11.3. The zero-order valence-corrected chi connectivity index (χ0v) is 10.0. The minimum atomic E-state index is -0.261. The van der Waals surface area contributed by atoms with E-state index in [1.54, 1.807) is 16.8 Å². The highest BCUT2D eigenvalue weighted by molar-refractivity contribution is 5.68. The molecule has 2 rings (SSSR count). The lowest BCUT2D eigenvalue weighted by Gasteiger charge is -1.99. The van der Waals surface area contributed by atoms with Gasteiger partial charge in [0.15, 0.2) is 0 Å². The Balaban J connectivity index is 2.27. The van der Waals surface area contributed by atoms with E-state index in [9.17, 15) is 4.39 Å². The molecule has 0 bridgehead atoms. The third kappa shape index (κ3) is 2.62. The van der Waals surface area contributed by atoms with Gasteiger partial charge in [0, 0.05) is 6.54 Å². The summed E-state index contributed by atoms with van der Waals surface area (Å²) in [5.41, 5.74) is 2.18. The Morgan fingerprint density at radius 3 is 2.61 bits per heavy atom. The molecule has 1 aromatic heterocycles. The minimum absolute atomic E-state index is 0.150. The van der Waals surface area contributed by atoms with Gasteiger partial charge < -0.3 is 5.11 Å². The fraction of sp³-hybridized carbons (Fsp3) is 0.231. The van der Waals surface area contributed by atoms with Crippen LogP contribution in [0, 0.1) is 5.82 Å². The molecule has 1 aromatic carbocycles. The minimum Gasteiger partial charge on any atom is -0.390 e. The average Bonchev–Trinajstić information content (AvgIpc) is 2.80. The van der Waals surface area contributed by atoms with Crippen molar-refractivity contribution in [3.63, 3.8) is 0 Å². The van der Waals surface area contributed by atoms with Crippen LogP contribution < -0.4 is 0 Å². The van der Waals surface area contributed by atoms with Crippen molar-refractivity contribution in [2.75, 3.05) is 0 Å². The maximum absolute atomic E-state index is 12.8. The van der Waals surface area contributed by atoms with Crippen LogP contribution in [0.25, 0.3) is 12.2 Å². The fourth-order valence-electron chi connectivity index (χ4n) is 1.63. The second-order valence-corrected chi connectivity index (χ2v) is 3.78. The summed E-state index contributed by atoms with van der Waals surface area (Å²) in [5.74, 6) is -0.261. The van der Waals surface area contributed by atoms with Gasteiger partial charge in [-0.15, -0.1) is 5.10 Å². The summed E-state index contributed by atoms with van der Waals surface area (Å²) in [7, 11) is 0. The van der Waals surface area contributed by atoms with E-state index in [-0.39, 0.29) is 12.4 Å². The number of aliphatic hydroxyl groups is 1. The summed E-state index contributed by atoms with van der Waals surface area (Å²) in [6.45, 7) is 2.48. The molecule has 0 amide bonds. The van der Waals surface area contributed by atoms with E-state index in [0.717, 1.165) is 11.3 Å². The van der Waals surface area contributed by atoms with Gasteiger partial charge in [-0.2, -0.15) is 0 Å². The Kier molecular flexibility index (Phi) is 3.84. The van der Waals surface area contributed by atoms with E-state index < -0.39 is 0 Å². The number of hydrogen-bond donors (Lipinski definition) is 1. The molecule has 5 heteroatoms. The van der Waals surface area contributed by atoms with Gasteiger partial charge in [0.2, 0.25) is 0 Å². The van der Waals surface area contributed by atoms with Crippen molar-refractivity contribution in [2.45, 2.75) is 20.1 Å². The van der Waals surface area contributed by atoms with Crippen LogP contribution in [-0.2, 0) is 13.2 Å². The molecule has 0 saturated heterocycles. The molecule has 1 N–H and O–H groups in total. The molecule has 0 spiro atoms. The molecule has 0 saturated carbocycles. The molecule has 0 unspecified atom stereocenters. The maximum Gasteiger partial charge on any atom is 0.123 e. The number of rotatable bonds is 4. The Morgan fingerprint density at radius 2 is 2.00 bits per heavy atom. The van der Waals surface area contributed by atoms with E-state index in [4.69, 9.17) is 5.11 Å². The molecule has 0 fully saturated rings. The fourth-order valence-corrected chi connectivity index (χ4v) is 1.63. The summed E-state index contributed by atoms with van der Waals surface area (Å²) in [6, 6.07) is 6.18. The average molecular weight is 247 g/mol. The molecule has 0 aliphatic heterocycles. The van der Waals surface area contributed by atoms with Crippen molar-refractivity contribution in [1.29, 1.82) is 0 Å². The molecular formula is C13H14FN3O. The van der Waals surface area contributed by atoms with Gasteiger partial charge in [0.1, 0.15) is 11.5 Å². The lowest BCUT2D eigenvalue weighted by atomic mass is 10.2. The van der Waals surface area contributed by atoms with Crippen LogP contribution in [0.15, 0.2) is 24.3 Å². The van der Waals surface area contributed by atoms with Gasteiger partial charge in [-0.3, -0.25) is 0 Å². The number of aromatic nitrogens is 3. The number of aryl methyl sites for hydroxylation is 1. The predicted molar refractivity (Wildman–Crippen MR) is 66.9 cm³/mol. The second kappa shape index (κ2) is 5.55. The van der Waals surface area contributed by atoms with Gasteiger partial charge >= 0.3 is 0 Å². The first-order chi connectivity index (χ1) is 8.74. The van der Waals surface area contributed by atoms with Crippen LogP contribution in [0.5, 0.6) is 0 Å². The van der Waals surface area contributed by atoms with Crippen molar-refractivity contribution in [3.8, 4) is 0 Å². The highest BCUT2D eigenvalue weighted by Gasteiger charge is 2.07. The Bertz CT molecular complexity index is 524. The van der Waals surface area contributed by atoms with Crippen LogP contribution >= 0.6 is 0 Å². The van der Waals surface area contributed by atoms with E-state index in [2.05, 4.69) is 10.3 Å². The van der Waals surface area contributed by atoms with Crippen molar-refractivity contribution >= 4 is 12.2 Å². The number of halogens is 1. The zero-order chi connectivity index (χ0) is 13.0. The van der Waals surface area contributed by atoms with E-state index in [1.165, 1.54) is 12.1 Å². The first kappa shape index (κ1) is 12.4. The van der Waals surface area contributed by atoms with Crippen molar-refractivity contribution in [1.82, 2.24) is 15.0 Å². The highest BCUT2D eigenvalue weighted by Crippen LogP contribution is 2.12. The van der Waals surface area contributed by atoms with E-state index >= 15 is 0 Å². The van der Waals surface area contributed by atoms with Crippen LogP contribution in [-0.4, -0.2) is 20.1 Å². The third-order valence-corrected chi connectivity index (χ3v) is 2.60. The lowest BCUT2D eigenvalue weighted by molar-refractivity contribution is 0.276. The van der Waals surface area contributed by atoms with Crippen LogP contribution in [0.3, 0.4) is 0 Å². The van der Waals surface area contributed by atoms with Crippen LogP contribution in [0.2, 0.25) is 0 Å². The highest BCUT2D eigenvalue weighted by atomic mass is 19.1. The van der Waals surface area contributed by atoms with Crippen molar-refractivity contribution in [2.24, 2.45) is 0 Å². The number of aliphatic hydroxyl groups excluding tert-OH is 1. The van der Waals surface area contributed by atoms with Crippen LogP contribution in [0.1, 0.15) is 23.9 Å². The molecule has 94 valence electrons. The van der Waals surface area contributed by atoms with Crippen molar-refractivity contribution in [3.05, 3.63) is 47.0 Å². The summed E-state index contributed by atoms with van der Waals surface area (Å²) >= 11 is 0. The largest absolute Gasteiger partial charge is 0.390 e. The molecular weight excluding hydrogens is 233 g/mol. The molecule has 0 aliphatic carbocycles. The third-order valence-electron chi connectivity index (χ3n) is 2.60. The monoisotopic (exact) mass is 247 g/mol. The standard InChI is InChI=1S/C13H14FN3O/c1-2-17-13(12(9-18)15-16-17)8-5-10-3-6-11(14)7-4-10/h3-8,18H,2,9H2,1H3/b8-5+. The first-order valence-electron chi connectivity index (χ1n) is 5.71. The lowest BCUT2D eigenvalue weighted by Crippen LogP contribution is -1.99. The van der Waals surface area contributed by atoms with Gasteiger partial charge in [-0.1, -0.05) is 23.4 Å². The second-order valence-electron chi connectivity index (χ2n) is 3.78. The summed E-state index contributed by atoms with van der Waals surface area (Å²) in [4.78, 5) is 0. The maximum atomic E-state index is 12.8. The number of benzene rings is 1. The SMILES string of the molecule is CCn1nnc(CO)c1/C=C/c1ccc(F)cc1. The number of hydrogen-bond acceptors (Lipinski definition) is 3. The van der Waals surface area contributed by atoms with Gasteiger partial charge in [-0.25, -0.2) is 9.07 Å². The molecule has 1 heterocycles. The zero-order valence-electron chi connectivity index (χ0n) is 10.0. The van der Waals surface area contributed by atoms with E-state index in [1.807, 2.05) is 19.1 Å².